The number of nitrogens with one attached hydrogen (secondary N) is 3. The van der Waals surface area contributed by atoms with Crippen molar-refractivity contribution in [2.45, 2.75) is 18.4 Å². The fourth-order valence-corrected chi connectivity index (χ4v) is 3.21. The average Bonchev–Trinajstić information content (AvgIpc) is 2.69. The van der Waals surface area contributed by atoms with Crippen LogP contribution < -0.4 is 16.0 Å². The van der Waals surface area contributed by atoms with Crippen molar-refractivity contribution in [2.75, 3.05) is 31.7 Å². The van der Waals surface area contributed by atoms with Gasteiger partial charge in [-0.15, -0.1) is 24.0 Å². The van der Waals surface area contributed by atoms with E-state index in [0.717, 1.165) is 17.9 Å². The monoisotopic (exact) mass is 565 g/mol. The maximum atomic E-state index is 13.6. The Labute approximate surface area is 197 Å². The molecule has 0 saturated heterocycles. The average molecular weight is 565 g/mol. The minimum atomic E-state index is -3.54. The van der Waals surface area contributed by atoms with Gasteiger partial charge in [-0.3, -0.25) is 15.1 Å². The number of guanidine groups is 1. The van der Waals surface area contributed by atoms with E-state index in [9.17, 15) is 22.9 Å². The van der Waals surface area contributed by atoms with Crippen LogP contribution in [0, 0.1) is 22.9 Å². The van der Waals surface area contributed by atoms with Crippen LogP contribution in [0.5, 0.6) is 0 Å². The number of hydrogen-bond donors (Lipinski definition) is 3. The Balaban J connectivity index is 0.00000480. The molecule has 0 aliphatic carbocycles. The van der Waals surface area contributed by atoms with Crippen molar-refractivity contribution in [1.29, 1.82) is 0 Å². The number of halogens is 2. The van der Waals surface area contributed by atoms with E-state index in [1.54, 1.807) is 20.0 Å². The van der Waals surface area contributed by atoms with Gasteiger partial charge in [0.1, 0.15) is 11.5 Å². The lowest BCUT2D eigenvalue weighted by molar-refractivity contribution is -0.384. The molecular weight excluding hydrogens is 540 g/mol. The van der Waals surface area contributed by atoms with Crippen LogP contribution in [-0.4, -0.2) is 45.7 Å². The molecule has 2 aromatic carbocycles. The van der Waals surface area contributed by atoms with Gasteiger partial charge in [0.05, 0.1) is 9.82 Å². The first kappa shape index (κ1) is 26.6. The zero-order valence-corrected chi connectivity index (χ0v) is 20.5. The molecule has 0 atom stereocenters. The first-order chi connectivity index (χ1) is 14.1. The van der Waals surface area contributed by atoms with Crippen LogP contribution >= 0.6 is 24.0 Å². The summed E-state index contributed by atoms with van der Waals surface area (Å²) in [4.78, 5) is 14.6. The molecule has 0 spiro atoms. The number of hydrogen-bond acceptors (Lipinski definition) is 6. The summed E-state index contributed by atoms with van der Waals surface area (Å²) in [6.07, 6.45) is 0.993. The molecule has 0 aliphatic rings. The lowest BCUT2D eigenvalue weighted by Crippen LogP contribution is -2.39. The molecule has 2 aromatic rings. The molecule has 170 valence electrons. The van der Waals surface area contributed by atoms with Crippen LogP contribution in [0.4, 0.5) is 15.8 Å². The molecule has 0 heterocycles. The molecule has 31 heavy (non-hydrogen) atoms. The SMILES string of the molecule is CN=C(NCCNc1ccc(S(C)(=O)=O)cc1[N+](=O)[O-])NCc1ccc(C)c(F)c1.I. The maximum Gasteiger partial charge on any atom is 0.293 e. The predicted octanol–water partition coefficient (Wildman–Crippen LogP) is 2.84. The molecule has 0 aromatic heterocycles. The van der Waals surface area contributed by atoms with Crippen molar-refractivity contribution in [3.05, 3.63) is 63.5 Å². The van der Waals surface area contributed by atoms with Crippen LogP contribution in [0.1, 0.15) is 11.1 Å². The molecule has 0 radical (unpaired) electrons. The van der Waals surface area contributed by atoms with Gasteiger partial charge >= 0.3 is 0 Å². The van der Waals surface area contributed by atoms with Gasteiger partial charge in [0.25, 0.3) is 5.69 Å². The van der Waals surface area contributed by atoms with E-state index in [0.29, 0.717) is 31.2 Å². The Hall–Kier alpha value is -2.48. The molecule has 2 rings (SSSR count). The summed E-state index contributed by atoms with van der Waals surface area (Å²) in [6.45, 7) is 2.77. The quantitative estimate of drug-likeness (QED) is 0.112. The number of benzene rings is 2. The van der Waals surface area contributed by atoms with Crippen molar-refractivity contribution in [3.8, 4) is 0 Å². The lowest BCUT2D eigenvalue weighted by atomic mass is 10.1. The fourth-order valence-electron chi connectivity index (χ4n) is 2.57. The highest BCUT2D eigenvalue weighted by atomic mass is 127. The van der Waals surface area contributed by atoms with Gasteiger partial charge in [-0.1, -0.05) is 12.1 Å². The number of sulfone groups is 1. The highest BCUT2D eigenvalue weighted by Gasteiger charge is 2.18. The predicted molar refractivity (Wildman–Crippen MR) is 129 cm³/mol. The van der Waals surface area contributed by atoms with Crippen molar-refractivity contribution >= 4 is 51.1 Å². The fraction of sp³-hybridized carbons (Fsp3) is 0.316. The molecular formula is C19H25FIN5O4S. The summed E-state index contributed by atoms with van der Waals surface area (Å²) in [7, 11) is -1.95. The van der Waals surface area contributed by atoms with E-state index in [2.05, 4.69) is 20.9 Å². The Morgan fingerprint density at radius 1 is 1.16 bits per heavy atom. The summed E-state index contributed by atoms with van der Waals surface area (Å²) >= 11 is 0. The number of nitro benzene ring substituents is 1. The van der Waals surface area contributed by atoms with Crippen LogP contribution in [0.15, 0.2) is 46.3 Å². The molecule has 0 fully saturated rings. The van der Waals surface area contributed by atoms with Crippen molar-refractivity contribution < 1.29 is 17.7 Å². The van der Waals surface area contributed by atoms with E-state index >= 15 is 0 Å². The summed E-state index contributed by atoms with van der Waals surface area (Å²) < 4.78 is 36.8. The normalized spacial score (nSPS) is 11.4. The third-order valence-electron chi connectivity index (χ3n) is 4.25. The minimum absolute atomic E-state index is 0. The molecule has 12 heteroatoms. The van der Waals surface area contributed by atoms with Gasteiger partial charge in [-0.2, -0.15) is 0 Å². The number of nitrogens with zero attached hydrogens (tertiary/aromatic N) is 2. The minimum Gasteiger partial charge on any atom is -0.378 e. The van der Waals surface area contributed by atoms with E-state index in [4.69, 9.17) is 0 Å². The van der Waals surface area contributed by atoms with Crippen LogP contribution in [0.25, 0.3) is 0 Å². The molecule has 0 saturated carbocycles. The number of aliphatic imine (C=N–C) groups is 1. The number of aryl methyl sites for hydroxylation is 1. The standard InChI is InChI=1S/C19H24FN5O4S.HI/c1-13-4-5-14(10-16(13)20)12-24-19(21-2)23-9-8-22-17-7-6-15(30(3,28)29)11-18(17)25(26)27;/h4-7,10-11,22H,8-9,12H2,1-3H3,(H2,21,23,24);1H. The smallest absolute Gasteiger partial charge is 0.293 e. The highest BCUT2D eigenvalue weighted by Crippen LogP contribution is 2.27. The van der Waals surface area contributed by atoms with E-state index < -0.39 is 14.8 Å². The van der Waals surface area contributed by atoms with Crippen molar-refractivity contribution in [3.63, 3.8) is 0 Å². The first-order valence-corrected chi connectivity index (χ1v) is 10.9. The lowest BCUT2D eigenvalue weighted by Gasteiger charge is -2.13. The summed E-state index contributed by atoms with van der Waals surface area (Å²) in [5.74, 6) is 0.213. The molecule has 0 aliphatic heterocycles. The Bertz CT molecular complexity index is 1060. The van der Waals surface area contributed by atoms with Crippen LogP contribution in [-0.2, 0) is 16.4 Å². The maximum absolute atomic E-state index is 13.6. The first-order valence-electron chi connectivity index (χ1n) is 9.03. The zero-order valence-electron chi connectivity index (χ0n) is 17.3. The van der Waals surface area contributed by atoms with Gasteiger partial charge < -0.3 is 16.0 Å². The van der Waals surface area contributed by atoms with Gasteiger partial charge in [0.2, 0.25) is 0 Å². The second-order valence-corrected chi connectivity index (χ2v) is 8.59. The molecule has 0 bridgehead atoms. The third kappa shape index (κ3) is 7.94. The zero-order chi connectivity index (χ0) is 22.3. The summed E-state index contributed by atoms with van der Waals surface area (Å²) in [5, 5.41) is 20.3. The van der Waals surface area contributed by atoms with Crippen LogP contribution in [0.3, 0.4) is 0 Å². The Morgan fingerprint density at radius 3 is 2.45 bits per heavy atom. The Morgan fingerprint density at radius 2 is 1.87 bits per heavy atom. The van der Waals surface area contributed by atoms with Gasteiger partial charge in [0.15, 0.2) is 15.8 Å². The van der Waals surface area contributed by atoms with E-state index in [1.165, 1.54) is 18.2 Å². The topological polar surface area (TPSA) is 126 Å². The Kier molecular flexibility index (Phi) is 10.1. The second-order valence-electron chi connectivity index (χ2n) is 6.57. The van der Waals surface area contributed by atoms with E-state index in [1.807, 2.05) is 6.07 Å². The van der Waals surface area contributed by atoms with Crippen LogP contribution in [0.2, 0.25) is 0 Å². The molecule has 0 amide bonds. The molecule has 0 unspecified atom stereocenters. The molecule has 3 N–H and O–H groups in total. The van der Waals surface area contributed by atoms with Crippen molar-refractivity contribution in [2.24, 2.45) is 4.99 Å². The largest absolute Gasteiger partial charge is 0.378 e. The van der Waals surface area contributed by atoms with Gasteiger partial charge in [-0.05, 0) is 36.2 Å². The molecule has 9 nitrogen and oxygen atoms in total. The second kappa shape index (κ2) is 11.8. The summed E-state index contributed by atoms with van der Waals surface area (Å²) in [6, 6.07) is 8.70. The third-order valence-corrected chi connectivity index (χ3v) is 5.36. The van der Waals surface area contributed by atoms with Gasteiger partial charge in [-0.25, -0.2) is 12.8 Å². The highest BCUT2D eigenvalue weighted by molar-refractivity contribution is 14.0. The summed E-state index contributed by atoms with van der Waals surface area (Å²) in [5.41, 5.74) is 1.24. The number of nitro groups is 1. The number of anilines is 1. The van der Waals surface area contributed by atoms with Gasteiger partial charge in [0, 0.05) is 39.0 Å². The van der Waals surface area contributed by atoms with E-state index in [-0.39, 0.29) is 46.1 Å². The number of rotatable bonds is 8. The van der Waals surface area contributed by atoms with Crippen molar-refractivity contribution in [1.82, 2.24) is 10.6 Å².